The highest BCUT2D eigenvalue weighted by Gasteiger charge is 2.42. The van der Waals surface area contributed by atoms with Gasteiger partial charge in [-0.25, -0.2) is 0 Å². The summed E-state index contributed by atoms with van der Waals surface area (Å²) in [4.78, 5) is 0. The van der Waals surface area contributed by atoms with Crippen LogP contribution in [0.4, 0.5) is 0 Å². The Hall–Kier alpha value is 0.0500. The van der Waals surface area contributed by atoms with Crippen molar-refractivity contribution in [3.8, 4) is 0 Å². The molecule has 3 aliphatic carbocycles. The molecule has 0 amide bonds. The molecule has 0 radical (unpaired) electrons. The van der Waals surface area contributed by atoms with Gasteiger partial charge in [0.2, 0.25) is 0 Å². The minimum atomic E-state index is 0.795. The standard InChI is InChI=1S/C14H23NS/c1-16-14-8-3-2-7-12(14)15-13-9-10-5-4-6-11(10)13/h4,6,10-15H,2-3,5,7-9H2,1H3. The summed E-state index contributed by atoms with van der Waals surface area (Å²) < 4.78 is 0. The molecule has 0 aromatic heterocycles. The average Bonchev–Trinajstić information content (AvgIpc) is 2.68. The normalized spacial score (nSPS) is 46.4. The molecule has 0 aliphatic heterocycles. The molecule has 2 heteroatoms. The maximum absolute atomic E-state index is 3.96. The van der Waals surface area contributed by atoms with Crippen LogP contribution in [0.3, 0.4) is 0 Å². The molecule has 0 bridgehead atoms. The predicted molar refractivity (Wildman–Crippen MR) is 71.8 cm³/mol. The largest absolute Gasteiger partial charge is 0.310 e. The summed E-state index contributed by atoms with van der Waals surface area (Å²) in [5.41, 5.74) is 0. The fourth-order valence-electron chi connectivity index (χ4n) is 3.75. The minimum Gasteiger partial charge on any atom is -0.310 e. The van der Waals surface area contributed by atoms with Gasteiger partial charge in [0.05, 0.1) is 0 Å². The third-order valence-electron chi connectivity index (χ3n) is 4.80. The van der Waals surface area contributed by atoms with Gasteiger partial charge in [0.25, 0.3) is 0 Å². The van der Waals surface area contributed by atoms with Crippen molar-refractivity contribution in [3.63, 3.8) is 0 Å². The summed E-state index contributed by atoms with van der Waals surface area (Å²) in [6, 6.07) is 1.60. The lowest BCUT2D eigenvalue weighted by Gasteiger charge is -2.45. The van der Waals surface area contributed by atoms with Crippen LogP contribution in [0, 0.1) is 11.8 Å². The summed E-state index contributed by atoms with van der Waals surface area (Å²) >= 11 is 2.08. The van der Waals surface area contributed by atoms with E-state index >= 15 is 0 Å². The molecule has 3 aliphatic rings. The molecule has 5 unspecified atom stereocenters. The first-order valence-corrected chi connectivity index (χ1v) is 8.13. The lowest BCUT2D eigenvalue weighted by atomic mass is 9.71. The molecule has 2 saturated carbocycles. The van der Waals surface area contributed by atoms with Crippen LogP contribution in [-0.4, -0.2) is 23.6 Å². The Morgan fingerprint density at radius 3 is 2.88 bits per heavy atom. The van der Waals surface area contributed by atoms with E-state index in [4.69, 9.17) is 0 Å². The quantitative estimate of drug-likeness (QED) is 0.756. The number of allylic oxidation sites excluding steroid dienone is 1. The fourth-order valence-corrected chi connectivity index (χ4v) is 4.70. The van der Waals surface area contributed by atoms with Crippen molar-refractivity contribution in [3.05, 3.63) is 12.2 Å². The Labute approximate surface area is 103 Å². The summed E-state index contributed by atoms with van der Waals surface area (Å²) in [7, 11) is 0. The predicted octanol–water partition coefficient (Wildman–Crippen LogP) is 3.21. The first-order valence-electron chi connectivity index (χ1n) is 6.84. The van der Waals surface area contributed by atoms with E-state index in [-0.39, 0.29) is 0 Å². The molecule has 90 valence electrons. The molecular weight excluding hydrogens is 214 g/mol. The van der Waals surface area contributed by atoms with Crippen LogP contribution in [-0.2, 0) is 0 Å². The van der Waals surface area contributed by atoms with Crippen molar-refractivity contribution < 1.29 is 0 Å². The van der Waals surface area contributed by atoms with Crippen LogP contribution in [0.1, 0.15) is 38.5 Å². The van der Waals surface area contributed by atoms with E-state index in [1.807, 2.05) is 0 Å². The number of hydrogen-bond donors (Lipinski definition) is 1. The third-order valence-corrected chi connectivity index (χ3v) is 5.97. The van der Waals surface area contributed by atoms with Crippen molar-refractivity contribution in [1.82, 2.24) is 5.32 Å². The average molecular weight is 237 g/mol. The van der Waals surface area contributed by atoms with Gasteiger partial charge in [-0.1, -0.05) is 25.0 Å². The van der Waals surface area contributed by atoms with Crippen LogP contribution in [0.25, 0.3) is 0 Å². The van der Waals surface area contributed by atoms with Crippen LogP contribution in [0.15, 0.2) is 12.2 Å². The molecule has 2 fully saturated rings. The van der Waals surface area contributed by atoms with Crippen LogP contribution < -0.4 is 5.32 Å². The number of fused-ring (bicyclic) bond motifs is 1. The Kier molecular flexibility index (Phi) is 3.30. The number of nitrogens with one attached hydrogen (secondary N) is 1. The summed E-state index contributed by atoms with van der Waals surface area (Å²) in [5, 5.41) is 4.83. The molecule has 0 heterocycles. The van der Waals surface area contributed by atoms with E-state index in [9.17, 15) is 0 Å². The Bertz CT molecular complexity index is 276. The van der Waals surface area contributed by atoms with Gasteiger partial charge in [0, 0.05) is 17.3 Å². The van der Waals surface area contributed by atoms with E-state index in [1.165, 1.54) is 38.5 Å². The van der Waals surface area contributed by atoms with Crippen molar-refractivity contribution in [2.75, 3.05) is 6.26 Å². The lowest BCUT2D eigenvalue weighted by molar-refractivity contribution is 0.142. The van der Waals surface area contributed by atoms with E-state index < -0.39 is 0 Å². The first-order chi connectivity index (χ1) is 7.88. The van der Waals surface area contributed by atoms with Gasteiger partial charge in [-0.3, -0.25) is 0 Å². The Balaban J connectivity index is 1.55. The van der Waals surface area contributed by atoms with E-state index in [1.54, 1.807) is 0 Å². The molecule has 3 rings (SSSR count). The fraction of sp³-hybridized carbons (Fsp3) is 0.857. The summed E-state index contributed by atoms with van der Waals surface area (Å²) in [6.07, 6.45) is 15.6. The van der Waals surface area contributed by atoms with Gasteiger partial charge in [-0.15, -0.1) is 0 Å². The molecule has 1 nitrogen and oxygen atoms in total. The third kappa shape index (κ3) is 1.95. The second kappa shape index (κ2) is 4.73. The van der Waals surface area contributed by atoms with Crippen LogP contribution in [0.2, 0.25) is 0 Å². The van der Waals surface area contributed by atoms with Crippen LogP contribution >= 0.6 is 11.8 Å². The molecule has 0 saturated heterocycles. The topological polar surface area (TPSA) is 12.0 Å². The SMILES string of the molecule is CSC1CCCCC1NC1CC2CC=CC21. The van der Waals surface area contributed by atoms with Crippen molar-refractivity contribution >= 4 is 11.8 Å². The van der Waals surface area contributed by atoms with Gasteiger partial charge >= 0.3 is 0 Å². The molecule has 1 N–H and O–H groups in total. The Morgan fingerprint density at radius 1 is 1.19 bits per heavy atom. The maximum atomic E-state index is 3.96. The highest BCUT2D eigenvalue weighted by Crippen LogP contribution is 2.43. The summed E-state index contributed by atoms with van der Waals surface area (Å²) in [5.74, 6) is 1.87. The van der Waals surface area contributed by atoms with E-state index in [2.05, 4.69) is 35.5 Å². The highest BCUT2D eigenvalue weighted by atomic mass is 32.2. The molecule has 16 heavy (non-hydrogen) atoms. The molecule has 5 atom stereocenters. The van der Waals surface area contributed by atoms with Gasteiger partial charge in [0.15, 0.2) is 0 Å². The number of thioether (sulfide) groups is 1. The van der Waals surface area contributed by atoms with E-state index in [0.29, 0.717) is 0 Å². The molecule has 0 spiro atoms. The van der Waals surface area contributed by atoms with Crippen molar-refractivity contribution in [2.45, 2.75) is 55.9 Å². The van der Waals surface area contributed by atoms with Crippen molar-refractivity contribution in [1.29, 1.82) is 0 Å². The maximum Gasteiger partial charge on any atom is 0.0198 e. The zero-order valence-corrected chi connectivity index (χ0v) is 11.0. The van der Waals surface area contributed by atoms with Gasteiger partial charge in [-0.2, -0.15) is 11.8 Å². The second-order valence-corrected chi connectivity index (χ2v) is 6.75. The van der Waals surface area contributed by atoms with Gasteiger partial charge in [-0.05, 0) is 43.8 Å². The van der Waals surface area contributed by atoms with Crippen molar-refractivity contribution in [2.24, 2.45) is 11.8 Å². The molecule has 0 aromatic carbocycles. The second-order valence-electron chi connectivity index (χ2n) is 5.68. The number of rotatable bonds is 3. The minimum absolute atomic E-state index is 0.795. The zero-order chi connectivity index (χ0) is 11.0. The smallest absolute Gasteiger partial charge is 0.0198 e. The Morgan fingerprint density at radius 2 is 2.06 bits per heavy atom. The zero-order valence-electron chi connectivity index (χ0n) is 10.2. The lowest BCUT2D eigenvalue weighted by Crippen LogP contribution is -2.54. The monoisotopic (exact) mass is 237 g/mol. The highest BCUT2D eigenvalue weighted by molar-refractivity contribution is 7.99. The molecule has 0 aromatic rings. The van der Waals surface area contributed by atoms with E-state index in [0.717, 1.165) is 29.2 Å². The van der Waals surface area contributed by atoms with Gasteiger partial charge in [0.1, 0.15) is 0 Å². The van der Waals surface area contributed by atoms with Crippen LogP contribution in [0.5, 0.6) is 0 Å². The number of hydrogen-bond acceptors (Lipinski definition) is 2. The first kappa shape index (κ1) is 11.2. The summed E-state index contributed by atoms with van der Waals surface area (Å²) in [6.45, 7) is 0. The van der Waals surface area contributed by atoms with Gasteiger partial charge < -0.3 is 5.32 Å². The molecular formula is C14H23NS.